The Kier molecular flexibility index (Phi) is 5.29. The summed E-state index contributed by atoms with van der Waals surface area (Å²) >= 11 is 0. The van der Waals surface area contributed by atoms with Gasteiger partial charge in [-0.05, 0) is 12.1 Å². The van der Waals surface area contributed by atoms with Gasteiger partial charge in [-0.3, -0.25) is 0 Å². The van der Waals surface area contributed by atoms with Crippen LogP contribution in [-0.2, 0) is 10.7 Å². The molecule has 1 rings (SSSR count). The van der Waals surface area contributed by atoms with Crippen molar-refractivity contribution in [2.75, 3.05) is 7.11 Å². The lowest BCUT2D eigenvalue weighted by molar-refractivity contribution is -0.424. The molecule has 148 valence electrons. The molecule has 0 bridgehead atoms. The minimum atomic E-state index is -7.48. The maximum absolute atomic E-state index is 13.7. The van der Waals surface area contributed by atoms with Crippen LogP contribution in [0.25, 0.3) is 0 Å². The molecule has 13 heteroatoms. The third-order valence-electron chi connectivity index (χ3n) is 3.21. The first-order chi connectivity index (χ1) is 11.4. The molecule has 0 N–H and O–H groups in total. The quantitative estimate of drug-likeness (QED) is 0.508. The highest BCUT2D eigenvalue weighted by Gasteiger charge is 2.87. The molecule has 0 aliphatic heterocycles. The third kappa shape index (κ3) is 3.07. The number of carbonyl (C=O) groups is 1. The summed E-state index contributed by atoms with van der Waals surface area (Å²) in [5, 5.41) is 0. The van der Waals surface area contributed by atoms with Crippen LogP contribution in [0.5, 0.6) is 0 Å². The second kappa shape index (κ2) is 6.27. The zero-order valence-electron chi connectivity index (χ0n) is 12.3. The summed E-state index contributed by atoms with van der Waals surface area (Å²) in [6.07, 6.45) is -7.22. The minimum absolute atomic E-state index is 0.0119. The lowest BCUT2D eigenvalue weighted by atomic mass is 9.93. The Hall–Kier alpha value is -2.08. The summed E-state index contributed by atoms with van der Waals surface area (Å²) in [6.45, 7) is 0. The number of methoxy groups -OCH3 is 1. The van der Waals surface area contributed by atoms with E-state index in [9.17, 15) is 53.1 Å². The molecule has 0 aliphatic carbocycles. The van der Waals surface area contributed by atoms with Crippen LogP contribution in [0.15, 0.2) is 24.3 Å². The van der Waals surface area contributed by atoms with E-state index in [2.05, 4.69) is 4.74 Å². The van der Waals surface area contributed by atoms with Gasteiger partial charge in [-0.1, -0.05) is 12.1 Å². The van der Waals surface area contributed by atoms with E-state index in [0.29, 0.717) is 12.1 Å². The number of hydrogen-bond acceptors (Lipinski definition) is 2. The fraction of sp³-hybridized carbons (Fsp3) is 0.462. The minimum Gasteiger partial charge on any atom is -0.465 e. The first-order valence-corrected chi connectivity index (χ1v) is 6.22. The van der Waals surface area contributed by atoms with Crippen LogP contribution in [-0.4, -0.2) is 37.0 Å². The molecule has 0 amide bonds. The van der Waals surface area contributed by atoms with Gasteiger partial charge in [-0.2, -0.15) is 48.3 Å². The molecule has 0 aliphatic rings. The highest BCUT2D eigenvalue weighted by Crippen LogP contribution is 2.59. The van der Waals surface area contributed by atoms with Gasteiger partial charge in [0.25, 0.3) is 0 Å². The fourth-order valence-corrected chi connectivity index (χ4v) is 1.69. The van der Waals surface area contributed by atoms with E-state index in [1.54, 1.807) is 0 Å². The molecular formula is C13H7F11O2. The van der Waals surface area contributed by atoms with E-state index in [1.165, 1.54) is 0 Å². The van der Waals surface area contributed by atoms with Gasteiger partial charge in [-0.15, -0.1) is 0 Å². The first kappa shape index (κ1) is 22.0. The summed E-state index contributed by atoms with van der Waals surface area (Å²) in [7, 11) is 0.860. The fourth-order valence-electron chi connectivity index (χ4n) is 1.69. The van der Waals surface area contributed by atoms with Crippen LogP contribution >= 0.6 is 0 Å². The van der Waals surface area contributed by atoms with Gasteiger partial charge in [0, 0.05) is 5.56 Å². The third-order valence-corrected chi connectivity index (χ3v) is 3.21. The second-order valence-electron chi connectivity index (χ2n) is 4.86. The molecule has 0 heterocycles. The van der Waals surface area contributed by atoms with Gasteiger partial charge in [-0.25, -0.2) is 4.79 Å². The summed E-state index contributed by atoms with van der Waals surface area (Å²) in [6, 6.07) is 0.792. The number of benzene rings is 1. The Bertz CT molecular complexity index is 662. The SMILES string of the molecule is COC(=O)c1ccc(C(F)(F)C(F)(F)C(F)(F)C(F)(F)C(F)(F)F)cc1. The number of ether oxygens (including phenoxy) is 1. The van der Waals surface area contributed by atoms with Crippen molar-refractivity contribution in [2.24, 2.45) is 0 Å². The van der Waals surface area contributed by atoms with Crippen LogP contribution in [0.2, 0.25) is 0 Å². The van der Waals surface area contributed by atoms with Crippen LogP contribution in [0, 0.1) is 0 Å². The highest BCUT2D eigenvalue weighted by molar-refractivity contribution is 5.89. The van der Waals surface area contributed by atoms with E-state index < -0.39 is 47.0 Å². The topological polar surface area (TPSA) is 26.3 Å². The van der Waals surface area contributed by atoms with Crippen molar-refractivity contribution in [1.29, 1.82) is 0 Å². The van der Waals surface area contributed by atoms with E-state index in [4.69, 9.17) is 0 Å². The van der Waals surface area contributed by atoms with Crippen LogP contribution in [0.4, 0.5) is 48.3 Å². The van der Waals surface area contributed by atoms with Gasteiger partial charge in [0.05, 0.1) is 12.7 Å². The van der Waals surface area contributed by atoms with Crippen LogP contribution in [0.3, 0.4) is 0 Å². The Morgan fingerprint density at radius 3 is 1.50 bits per heavy atom. The van der Waals surface area contributed by atoms with Crippen molar-refractivity contribution in [2.45, 2.75) is 29.9 Å². The average Bonchev–Trinajstić information content (AvgIpc) is 2.52. The number of carbonyl (C=O) groups excluding carboxylic acids is 1. The van der Waals surface area contributed by atoms with Gasteiger partial charge >= 0.3 is 35.8 Å². The zero-order valence-corrected chi connectivity index (χ0v) is 12.3. The summed E-state index contributed by atoms with van der Waals surface area (Å²) < 4.78 is 146. The summed E-state index contributed by atoms with van der Waals surface area (Å²) in [4.78, 5) is 11.1. The summed E-state index contributed by atoms with van der Waals surface area (Å²) in [5.41, 5.74) is -2.52. The molecule has 2 nitrogen and oxygen atoms in total. The maximum Gasteiger partial charge on any atom is 0.460 e. The molecule has 0 saturated carbocycles. The predicted molar refractivity (Wildman–Crippen MR) is 62.6 cm³/mol. The van der Waals surface area contributed by atoms with Crippen LogP contribution in [0.1, 0.15) is 15.9 Å². The molecule has 0 unspecified atom stereocenters. The van der Waals surface area contributed by atoms with E-state index in [-0.39, 0.29) is 12.1 Å². The van der Waals surface area contributed by atoms with Gasteiger partial charge < -0.3 is 4.74 Å². The van der Waals surface area contributed by atoms with Gasteiger partial charge in [0.15, 0.2) is 0 Å². The Labute approximate surface area is 137 Å². The highest BCUT2D eigenvalue weighted by atomic mass is 19.4. The Balaban J connectivity index is 3.42. The number of alkyl halides is 11. The predicted octanol–water partition coefficient (Wildman–Crippen LogP) is 5.03. The number of halogens is 11. The lowest BCUT2D eigenvalue weighted by Gasteiger charge is -2.37. The van der Waals surface area contributed by atoms with Crippen LogP contribution < -0.4 is 0 Å². The van der Waals surface area contributed by atoms with Crippen molar-refractivity contribution >= 4 is 5.97 Å². The van der Waals surface area contributed by atoms with Crippen molar-refractivity contribution in [1.82, 2.24) is 0 Å². The van der Waals surface area contributed by atoms with Crippen molar-refractivity contribution < 1.29 is 57.8 Å². The second-order valence-corrected chi connectivity index (χ2v) is 4.86. The molecule has 0 saturated heterocycles. The maximum atomic E-state index is 13.7. The van der Waals surface area contributed by atoms with Crippen molar-refractivity contribution in [3.05, 3.63) is 35.4 Å². The van der Waals surface area contributed by atoms with E-state index in [0.717, 1.165) is 7.11 Å². The largest absolute Gasteiger partial charge is 0.465 e. The van der Waals surface area contributed by atoms with E-state index >= 15 is 0 Å². The summed E-state index contributed by atoms with van der Waals surface area (Å²) in [5.74, 6) is -29.3. The Morgan fingerprint density at radius 1 is 0.731 bits per heavy atom. The number of hydrogen-bond donors (Lipinski definition) is 0. The zero-order chi connectivity index (χ0) is 20.8. The average molecular weight is 404 g/mol. The molecule has 0 fully saturated rings. The Morgan fingerprint density at radius 2 is 1.15 bits per heavy atom. The number of esters is 1. The smallest absolute Gasteiger partial charge is 0.460 e. The van der Waals surface area contributed by atoms with Crippen molar-refractivity contribution in [3.63, 3.8) is 0 Å². The molecule has 0 radical (unpaired) electrons. The molecule has 0 spiro atoms. The lowest BCUT2D eigenvalue weighted by Crippen LogP contribution is -2.65. The normalized spacial score (nSPS) is 14.3. The molecular weight excluding hydrogens is 397 g/mol. The molecule has 1 aromatic rings. The first-order valence-electron chi connectivity index (χ1n) is 6.22. The standard InChI is InChI=1S/C13H7F11O2/c1-26-8(25)6-2-4-7(5-3-6)9(14,15)10(16,17)11(18,19)12(20,21)13(22,23)24/h2-5H,1H3. The van der Waals surface area contributed by atoms with Gasteiger partial charge in [0.2, 0.25) is 0 Å². The van der Waals surface area contributed by atoms with Gasteiger partial charge in [0.1, 0.15) is 0 Å². The number of rotatable bonds is 5. The monoisotopic (exact) mass is 404 g/mol. The van der Waals surface area contributed by atoms with Crippen molar-refractivity contribution in [3.8, 4) is 0 Å². The molecule has 0 atom stereocenters. The van der Waals surface area contributed by atoms with E-state index in [1.807, 2.05) is 0 Å². The molecule has 0 aromatic heterocycles. The molecule has 26 heavy (non-hydrogen) atoms. The molecule has 1 aromatic carbocycles.